The molecule has 1 aliphatic rings. The second-order valence-electron chi connectivity index (χ2n) is 8.01. The first-order valence-corrected chi connectivity index (χ1v) is 8.76. The number of ether oxygens (including phenoxy) is 2. The zero-order chi connectivity index (χ0) is 19.8. The molecule has 6 heteroatoms. The standard InChI is InChI=1S/C21H23F2NO3/c1-20(2,3)12-19(25)24(4)13-14-5-7-15(8-6-14)16-9-10-17-18(11-16)27-21(22,23)26-17/h5-11H,12-13H2,1-4H3. The number of carbonyl (C=O) groups excluding carboxylic acids is 1. The van der Waals surface area contributed by atoms with E-state index in [4.69, 9.17) is 0 Å². The van der Waals surface area contributed by atoms with E-state index in [1.165, 1.54) is 12.1 Å². The van der Waals surface area contributed by atoms with Gasteiger partial charge in [-0.3, -0.25) is 4.79 Å². The van der Waals surface area contributed by atoms with E-state index >= 15 is 0 Å². The third-order valence-electron chi connectivity index (χ3n) is 4.22. The molecule has 0 saturated carbocycles. The molecule has 0 fully saturated rings. The normalized spacial score (nSPS) is 14.9. The quantitative estimate of drug-likeness (QED) is 0.749. The van der Waals surface area contributed by atoms with Gasteiger partial charge in [-0.05, 0) is 34.2 Å². The Morgan fingerprint density at radius 2 is 1.59 bits per heavy atom. The Hall–Kier alpha value is -2.63. The van der Waals surface area contributed by atoms with Crippen molar-refractivity contribution < 1.29 is 23.0 Å². The van der Waals surface area contributed by atoms with Crippen LogP contribution in [0.25, 0.3) is 11.1 Å². The Labute approximate surface area is 157 Å². The number of fused-ring (bicyclic) bond motifs is 1. The van der Waals surface area contributed by atoms with Crippen molar-refractivity contribution >= 4 is 5.91 Å². The van der Waals surface area contributed by atoms with Gasteiger partial charge < -0.3 is 14.4 Å². The first kappa shape index (κ1) is 19.1. The third kappa shape index (κ3) is 4.76. The second-order valence-corrected chi connectivity index (χ2v) is 8.01. The molecular formula is C21H23F2NO3. The van der Waals surface area contributed by atoms with Crippen LogP contribution in [-0.2, 0) is 11.3 Å². The second kappa shape index (κ2) is 6.83. The number of nitrogens with zero attached hydrogens (tertiary/aromatic N) is 1. The number of hydrogen-bond donors (Lipinski definition) is 0. The van der Waals surface area contributed by atoms with Crippen LogP contribution in [0.2, 0.25) is 0 Å². The summed E-state index contributed by atoms with van der Waals surface area (Å²) in [6, 6.07) is 12.4. The van der Waals surface area contributed by atoms with Crippen molar-refractivity contribution in [2.45, 2.75) is 40.0 Å². The van der Waals surface area contributed by atoms with E-state index in [2.05, 4.69) is 9.47 Å². The molecule has 0 aliphatic carbocycles. The molecule has 2 aromatic carbocycles. The zero-order valence-corrected chi connectivity index (χ0v) is 15.9. The zero-order valence-electron chi connectivity index (χ0n) is 15.9. The lowest BCUT2D eigenvalue weighted by Crippen LogP contribution is -2.29. The third-order valence-corrected chi connectivity index (χ3v) is 4.22. The Kier molecular flexibility index (Phi) is 4.84. The number of hydrogen-bond acceptors (Lipinski definition) is 3. The summed E-state index contributed by atoms with van der Waals surface area (Å²) in [6.07, 6.45) is -3.13. The number of alkyl halides is 2. The van der Waals surface area contributed by atoms with Crippen LogP contribution >= 0.6 is 0 Å². The maximum Gasteiger partial charge on any atom is 0.586 e. The summed E-state index contributed by atoms with van der Waals surface area (Å²) in [6.45, 7) is 6.63. The van der Waals surface area contributed by atoms with Crippen LogP contribution in [0.3, 0.4) is 0 Å². The highest BCUT2D eigenvalue weighted by molar-refractivity contribution is 5.76. The Balaban J connectivity index is 1.69. The summed E-state index contributed by atoms with van der Waals surface area (Å²) in [5, 5.41) is 0. The number of halogens is 2. The number of benzene rings is 2. The fourth-order valence-corrected chi connectivity index (χ4v) is 2.88. The van der Waals surface area contributed by atoms with Gasteiger partial charge in [-0.2, -0.15) is 0 Å². The molecular weight excluding hydrogens is 352 g/mol. The lowest BCUT2D eigenvalue weighted by Gasteiger charge is -2.23. The maximum atomic E-state index is 13.1. The summed E-state index contributed by atoms with van der Waals surface area (Å²) >= 11 is 0. The summed E-state index contributed by atoms with van der Waals surface area (Å²) in [5.74, 6) is 0.150. The molecule has 1 amide bonds. The number of amides is 1. The van der Waals surface area contributed by atoms with Gasteiger partial charge in [0.15, 0.2) is 11.5 Å². The van der Waals surface area contributed by atoms with Crippen LogP contribution in [0, 0.1) is 5.41 Å². The molecule has 0 spiro atoms. The lowest BCUT2D eigenvalue weighted by molar-refractivity contribution is -0.286. The number of carbonyl (C=O) groups is 1. The van der Waals surface area contributed by atoms with E-state index in [0.29, 0.717) is 13.0 Å². The van der Waals surface area contributed by atoms with Crippen LogP contribution in [0.1, 0.15) is 32.8 Å². The van der Waals surface area contributed by atoms with Gasteiger partial charge in [0.25, 0.3) is 0 Å². The van der Waals surface area contributed by atoms with Crippen molar-refractivity contribution in [2.24, 2.45) is 5.41 Å². The van der Waals surface area contributed by atoms with Crippen molar-refractivity contribution in [3.05, 3.63) is 48.0 Å². The molecule has 0 saturated heterocycles. The predicted molar refractivity (Wildman–Crippen MR) is 98.6 cm³/mol. The molecule has 0 N–H and O–H groups in total. The fourth-order valence-electron chi connectivity index (χ4n) is 2.88. The average Bonchev–Trinajstić information content (AvgIpc) is 2.86. The van der Waals surface area contributed by atoms with Gasteiger partial charge in [0.1, 0.15) is 0 Å². The largest absolute Gasteiger partial charge is 0.586 e. The summed E-state index contributed by atoms with van der Waals surface area (Å²) in [7, 11) is 1.79. The maximum absolute atomic E-state index is 13.1. The van der Waals surface area contributed by atoms with E-state index in [9.17, 15) is 13.6 Å². The van der Waals surface area contributed by atoms with Crippen LogP contribution in [0.15, 0.2) is 42.5 Å². The molecule has 27 heavy (non-hydrogen) atoms. The highest BCUT2D eigenvalue weighted by Crippen LogP contribution is 2.42. The molecule has 0 atom stereocenters. The molecule has 4 nitrogen and oxygen atoms in total. The van der Waals surface area contributed by atoms with E-state index in [1.54, 1.807) is 18.0 Å². The van der Waals surface area contributed by atoms with Gasteiger partial charge in [0.05, 0.1) is 0 Å². The molecule has 0 aromatic heterocycles. The molecule has 2 aromatic rings. The molecule has 144 valence electrons. The van der Waals surface area contributed by atoms with Gasteiger partial charge in [-0.1, -0.05) is 51.1 Å². The highest BCUT2D eigenvalue weighted by Gasteiger charge is 2.43. The molecule has 0 unspecified atom stereocenters. The Bertz CT molecular complexity index is 841. The molecule has 1 aliphatic heterocycles. The molecule has 3 rings (SSSR count). The minimum atomic E-state index is -3.62. The minimum absolute atomic E-state index is 0.0223. The molecule has 1 heterocycles. The Morgan fingerprint density at radius 1 is 1.00 bits per heavy atom. The van der Waals surface area contributed by atoms with E-state index in [-0.39, 0.29) is 22.8 Å². The van der Waals surface area contributed by atoms with Crippen molar-refractivity contribution in [3.63, 3.8) is 0 Å². The number of rotatable bonds is 4. The fraction of sp³-hybridized carbons (Fsp3) is 0.381. The lowest BCUT2D eigenvalue weighted by atomic mass is 9.91. The van der Waals surface area contributed by atoms with Gasteiger partial charge in [0, 0.05) is 20.0 Å². The SMILES string of the molecule is CN(Cc1ccc(-c2ccc3c(c2)OC(F)(F)O3)cc1)C(=O)CC(C)(C)C. The van der Waals surface area contributed by atoms with E-state index < -0.39 is 6.29 Å². The summed E-state index contributed by atoms with van der Waals surface area (Å²) in [5.41, 5.74) is 2.56. The molecule has 0 bridgehead atoms. The van der Waals surface area contributed by atoms with Gasteiger partial charge >= 0.3 is 6.29 Å². The van der Waals surface area contributed by atoms with Gasteiger partial charge in [-0.15, -0.1) is 8.78 Å². The van der Waals surface area contributed by atoms with Crippen molar-refractivity contribution in [2.75, 3.05) is 7.05 Å². The first-order valence-electron chi connectivity index (χ1n) is 8.76. The Morgan fingerprint density at radius 3 is 2.22 bits per heavy atom. The van der Waals surface area contributed by atoms with Crippen LogP contribution in [-0.4, -0.2) is 24.1 Å². The van der Waals surface area contributed by atoms with Crippen LogP contribution in [0.4, 0.5) is 8.78 Å². The summed E-state index contributed by atoms with van der Waals surface area (Å²) in [4.78, 5) is 14.0. The summed E-state index contributed by atoms with van der Waals surface area (Å²) < 4.78 is 35.2. The van der Waals surface area contributed by atoms with Gasteiger partial charge in [-0.25, -0.2) is 0 Å². The minimum Gasteiger partial charge on any atom is -0.395 e. The van der Waals surface area contributed by atoms with Crippen LogP contribution < -0.4 is 9.47 Å². The van der Waals surface area contributed by atoms with Gasteiger partial charge in [0.2, 0.25) is 5.91 Å². The smallest absolute Gasteiger partial charge is 0.395 e. The van der Waals surface area contributed by atoms with E-state index in [1.807, 2.05) is 45.0 Å². The molecule has 0 radical (unpaired) electrons. The highest BCUT2D eigenvalue weighted by atomic mass is 19.3. The van der Waals surface area contributed by atoms with Crippen molar-refractivity contribution in [3.8, 4) is 22.6 Å². The van der Waals surface area contributed by atoms with E-state index in [0.717, 1.165) is 16.7 Å². The topological polar surface area (TPSA) is 38.8 Å². The first-order chi connectivity index (χ1) is 12.5. The average molecular weight is 375 g/mol. The predicted octanol–water partition coefficient (Wildman–Crippen LogP) is 5.07. The van der Waals surface area contributed by atoms with Crippen molar-refractivity contribution in [1.82, 2.24) is 4.90 Å². The van der Waals surface area contributed by atoms with Crippen molar-refractivity contribution in [1.29, 1.82) is 0 Å². The monoisotopic (exact) mass is 375 g/mol. The van der Waals surface area contributed by atoms with Crippen LogP contribution in [0.5, 0.6) is 11.5 Å².